The molecule has 0 bridgehead atoms. The predicted octanol–water partition coefficient (Wildman–Crippen LogP) is 2.90. The van der Waals surface area contributed by atoms with Gasteiger partial charge in [0.25, 0.3) is 0 Å². The maximum atomic E-state index is 12.0. The predicted molar refractivity (Wildman–Crippen MR) is 81.9 cm³/mol. The smallest absolute Gasteiger partial charge is 0.339 e. The van der Waals surface area contributed by atoms with E-state index in [1.54, 1.807) is 12.1 Å². The number of nitrogens with one attached hydrogen (secondary N) is 2. The number of halogens is 1. The summed E-state index contributed by atoms with van der Waals surface area (Å²) in [6.07, 6.45) is 4.59. The summed E-state index contributed by atoms with van der Waals surface area (Å²) < 4.78 is 0. The fourth-order valence-electron chi connectivity index (χ4n) is 2.53. The normalized spacial score (nSPS) is 18.2. The van der Waals surface area contributed by atoms with Crippen LogP contribution in [-0.2, 0) is 4.79 Å². The van der Waals surface area contributed by atoms with Crippen LogP contribution in [0.4, 0.5) is 5.69 Å². The highest BCUT2D eigenvalue weighted by atomic mass is 35.5. The van der Waals surface area contributed by atoms with Gasteiger partial charge in [0.05, 0.1) is 10.7 Å². The summed E-state index contributed by atoms with van der Waals surface area (Å²) in [5, 5.41) is 15.3. The average molecular weight is 311 g/mol. The van der Waals surface area contributed by atoms with E-state index in [1.165, 1.54) is 18.9 Å². The van der Waals surface area contributed by atoms with Crippen LogP contribution in [0.1, 0.15) is 42.5 Å². The van der Waals surface area contributed by atoms with Crippen LogP contribution in [0.15, 0.2) is 18.2 Å². The quantitative estimate of drug-likeness (QED) is 0.781. The molecule has 1 aromatic rings. The number of benzene rings is 1. The van der Waals surface area contributed by atoms with E-state index < -0.39 is 5.97 Å². The maximum absolute atomic E-state index is 12.0. The maximum Gasteiger partial charge on any atom is 0.339 e. The molecule has 1 aliphatic rings. The summed E-state index contributed by atoms with van der Waals surface area (Å²) in [4.78, 5) is 23.1. The van der Waals surface area contributed by atoms with Gasteiger partial charge in [-0.15, -0.1) is 0 Å². The van der Waals surface area contributed by atoms with Crippen molar-refractivity contribution in [3.63, 3.8) is 0 Å². The number of aromatic carboxylic acids is 1. The molecule has 1 aliphatic heterocycles. The number of rotatable bonds is 5. The van der Waals surface area contributed by atoms with E-state index in [0.29, 0.717) is 12.5 Å². The third-order valence-corrected chi connectivity index (χ3v) is 3.95. The van der Waals surface area contributed by atoms with Crippen molar-refractivity contribution in [2.75, 3.05) is 11.9 Å². The van der Waals surface area contributed by atoms with Crippen LogP contribution < -0.4 is 10.6 Å². The zero-order valence-electron chi connectivity index (χ0n) is 11.7. The standard InChI is InChI=1S/C15H19ClN2O3/c16-11-5-3-6-12(14(11)15(20)21)18-13(19)8-7-10-4-1-2-9-17-10/h3,5-6,10,17H,1-2,4,7-9H2,(H,18,19)(H,20,21). The molecule has 0 aliphatic carbocycles. The summed E-state index contributed by atoms with van der Waals surface area (Å²) in [7, 11) is 0. The molecule has 0 radical (unpaired) electrons. The van der Waals surface area contributed by atoms with E-state index in [1.807, 2.05) is 0 Å². The zero-order chi connectivity index (χ0) is 15.2. The summed E-state index contributed by atoms with van der Waals surface area (Å²) >= 11 is 5.86. The largest absolute Gasteiger partial charge is 0.478 e. The zero-order valence-corrected chi connectivity index (χ0v) is 12.4. The average Bonchev–Trinajstić information content (AvgIpc) is 2.46. The second-order valence-electron chi connectivity index (χ2n) is 5.20. The molecule has 6 heteroatoms. The Bertz CT molecular complexity index is 528. The lowest BCUT2D eigenvalue weighted by Gasteiger charge is -2.23. The van der Waals surface area contributed by atoms with Gasteiger partial charge in [-0.25, -0.2) is 4.79 Å². The van der Waals surface area contributed by atoms with Crippen LogP contribution in [0.3, 0.4) is 0 Å². The summed E-state index contributed by atoms with van der Waals surface area (Å²) in [5.41, 5.74) is 0.180. The first-order valence-corrected chi connectivity index (χ1v) is 7.51. The number of hydrogen-bond donors (Lipinski definition) is 3. The van der Waals surface area contributed by atoms with E-state index in [-0.39, 0.29) is 22.2 Å². The Balaban J connectivity index is 1.93. The molecule has 0 spiro atoms. The molecule has 0 aromatic heterocycles. The van der Waals surface area contributed by atoms with Crippen LogP contribution in [0.25, 0.3) is 0 Å². The third-order valence-electron chi connectivity index (χ3n) is 3.63. The SMILES string of the molecule is O=C(CCC1CCCCN1)Nc1cccc(Cl)c1C(=O)O. The molecular formula is C15H19ClN2O3. The summed E-state index contributed by atoms with van der Waals surface area (Å²) in [6.45, 7) is 1.00. The van der Waals surface area contributed by atoms with E-state index in [0.717, 1.165) is 19.4 Å². The number of carboxylic acid groups (broad SMARTS) is 1. The molecule has 5 nitrogen and oxygen atoms in total. The molecule has 3 N–H and O–H groups in total. The fourth-order valence-corrected chi connectivity index (χ4v) is 2.79. The van der Waals surface area contributed by atoms with E-state index in [4.69, 9.17) is 16.7 Å². The van der Waals surface area contributed by atoms with Crippen molar-refractivity contribution in [3.05, 3.63) is 28.8 Å². The molecule has 1 unspecified atom stereocenters. The molecule has 1 fully saturated rings. The monoisotopic (exact) mass is 310 g/mol. The van der Waals surface area contributed by atoms with Crippen molar-refractivity contribution < 1.29 is 14.7 Å². The Labute approximate surface area is 128 Å². The molecule has 114 valence electrons. The van der Waals surface area contributed by atoms with Crippen molar-refractivity contribution in [2.24, 2.45) is 0 Å². The molecule has 0 saturated carbocycles. The Kier molecular flexibility index (Phi) is 5.59. The number of amides is 1. The fraction of sp³-hybridized carbons (Fsp3) is 0.467. The van der Waals surface area contributed by atoms with Gasteiger partial charge in [0, 0.05) is 12.5 Å². The molecule has 1 heterocycles. The van der Waals surface area contributed by atoms with Gasteiger partial charge in [-0.3, -0.25) is 4.79 Å². The van der Waals surface area contributed by atoms with Gasteiger partial charge in [-0.1, -0.05) is 24.1 Å². The van der Waals surface area contributed by atoms with Crippen LogP contribution in [-0.4, -0.2) is 29.6 Å². The van der Waals surface area contributed by atoms with Gasteiger partial charge in [-0.05, 0) is 37.9 Å². The Morgan fingerprint density at radius 1 is 1.38 bits per heavy atom. The number of anilines is 1. The van der Waals surface area contributed by atoms with Gasteiger partial charge in [0.2, 0.25) is 5.91 Å². The van der Waals surface area contributed by atoms with Gasteiger partial charge in [0.1, 0.15) is 5.56 Å². The number of carbonyl (C=O) groups is 2. The van der Waals surface area contributed by atoms with Crippen molar-refractivity contribution in [2.45, 2.75) is 38.1 Å². The molecule has 21 heavy (non-hydrogen) atoms. The second kappa shape index (κ2) is 7.43. The Hall–Kier alpha value is -1.59. The number of hydrogen-bond acceptors (Lipinski definition) is 3. The first-order chi connectivity index (χ1) is 10.1. The lowest BCUT2D eigenvalue weighted by atomic mass is 10.0. The lowest BCUT2D eigenvalue weighted by Crippen LogP contribution is -2.34. The minimum Gasteiger partial charge on any atom is -0.478 e. The van der Waals surface area contributed by atoms with Crippen molar-refractivity contribution in [1.82, 2.24) is 5.32 Å². The molecule has 1 amide bonds. The first-order valence-electron chi connectivity index (χ1n) is 7.13. The van der Waals surface area contributed by atoms with Crippen LogP contribution >= 0.6 is 11.6 Å². The molecular weight excluding hydrogens is 292 g/mol. The number of carboxylic acids is 1. The van der Waals surface area contributed by atoms with Crippen molar-refractivity contribution in [1.29, 1.82) is 0 Å². The van der Waals surface area contributed by atoms with E-state index in [2.05, 4.69) is 10.6 Å². The van der Waals surface area contributed by atoms with Gasteiger partial charge in [-0.2, -0.15) is 0 Å². The minimum atomic E-state index is -1.15. The highest BCUT2D eigenvalue weighted by Gasteiger charge is 2.17. The number of piperidine rings is 1. The second-order valence-corrected chi connectivity index (χ2v) is 5.61. The van der Waals surface area contributed by atoms with Crippen molar-refractivity contribution >= 4 is 29.2 Å². The van der Waals surface area contributed by atoms with Crippen LogP contribution in [0.5, 0.6) is 0 Å². The highest BCUT2D eigenvalue weighted by Crippen LogP contribution is 2.24. The van der Waals surface area contributed by atoms with Gasteiger partial charge in [0.15, 0.2) is 0 Å². The highest BCUT2D eigenvalue weighted by molar-refractivity contribution is 6.34. The number of carbonyl (C=O) groups excluding carboxylic acids is 1. The topological polar surface area (TPSA) is 78.4 Å². The molecule has 1 saturated heterocycles. The molecule has 2 rings (SSSR count). The van der Waals surface area contributed by atoms with E-state index >= 15 is 0 Å². The van der Waals surface area contributed by atoms with Gasteiger partial charge >= 0.3 is 5.97 Å². The third kappa shape index (κ3) is 4.44. The Morgan fingerprint density at radius 3 is 2.86 bits per heavy atom. The molecule has 1 atom stereocenters. The molecule has 1 aromatic carbocycles. The Morgan fingerprint density at radius 2 is 2.19 bits per heavy atom. The lowest BCUT2D eigenvalue weighted by molar-refractivity contribution is -0.116. The van der Waals surface area contributed by atoms with E-state index in [9.17, 15) is 9.59 Å². The van der Waals surface area contributed by atoms with Crippen molar-refractivity contribution in [3.8, 4) is 0 Å². The van der Waals surface area contributed by atoms with Crippen LogP contribution in [0, 0.1) is 0 Å². The van der Waals surface area contributed by atoms with Crippen LogP contribution in [0.2, 0.25) is 5.02 Å². The van der Waals surface area contributed by atoms with Gasteiger partial charge < -0.3 is 15.7 Å². The minimum absolute atomic E-state index is 0.0664. The first kappa shape index (κ1) is 15.8. The summed E-state index contributed by atoms with van der Waals surface area (Å²) in [6, 6.07) is 5.04. The summed E-state index contributed by atoms with van der Waals surface area (Å²) in [5.74, 6) is -1.34.